The van der Waals surface area contributed by atoms with Crippen molar-refractivity contribution in [2.75, 3.05) is 17.3 Å². The predicted octanol–water partition coefficient (Wildman–Crippen LogP) is 2.48. The molecule has 10 heteroatoms. The van der Waals surface area contributed by atoms with Crippen molar-refractivity contribution in [2.45, 2.75) is 16.6 Å². The fourth-order valence-electron chi connectivity index (χ4n) is 2.94. The van der Waals surface area contributed by atoms with Gasteiger partial charge in [0.1, 0.15) is 0 Å². The molecule has 2 aromatic rings. The largest absolute Gasteiger partial charge is 0.478 e. The smallest absolute Gasteiger partial charge is 0.337 e. The molecule has 1 aliphatic heterocycles. The van der Waals surface area contributed by atoms with E-state index in [0.717, 1.165) is 21.9 Å². The lowest BCUT2D eigenvalue weighted by molar-refractivity contribution is -0.131. The van der Waals surface area contributed by atoms with Crippen LogP contribution in [0.1, 0.15) is 16.8 Å². The molecular formula is C22H18N2O7S. The van der Waals surface area contributed by atoms with Crippen LogP contribution in [0.15, 0.2) is 65.6 Å². The summed E-state index contributed by atoms with van der Waals surface area (Å²) in [5, 5.41) is 10.4. The van der Waals surface area contributed by atoms with E-state index in [9.17, 15) is 24.0 Å². The molecule has 1 saturated heterocycles. The Hall–Kier alpha value is -3.92. The zero-order valence-electron chi connectivity index (χ0n) is 16.8. The van der Waals surface area contributed by atoms with Crippen LogP contribution in [0.5, 0.6) is 0 Å². The number of aliphatic carboxylic acids is 1. The second-order valence-electron chi connectivity index (χ2n) is 6.60. The van der Waals surface area contributed by atoms with E-state index in [-0.39, 0.29) is 18.2 Å². The Morgan fingerprint density at radius 1 is 1.06 bits per heavy atom. The highest BCUT2D eigenvalue weighted by atomic mass is 32.2. The van der Waals surface area contributed by atoms with Crippen LogP contribution in [0.25, 0.3) is 0 Å². The molecule has 0 bridgehead atoms. The van der Waals surface area contributed by atoms with Crippen LogP contribution in [-0.2, 0) is 23.9 Å². The maximum absolute atomic E-state index is 12.8. The first-order valence-corrected chi connectivity index (χ1v) is 10.2. The van der Waals surface area contributed by atoms with Crippen LogP contribution in [0, 0.1) is 0 Å². The minimum Gasteiger partial charge on any atom is -0.478 e. The van der Waals surface area contributed by atoms with Crippen LogP contribution in [0.4, 0.5) is 11.4 Å². The maximum atomic E-state index is 12.8. The lowest BCUT2D eigenvalue weighted by Gasteiger charge is -2.15. The molecule has 0 aromatic heterocycles. The number of benzene rings is 2. The third-order valence-electron chi connectivity index (χ3n) is 4.43. The molecule has 3 amide bonds. The molecule has 0 radical (unpaired) electrons. The number of amides is 3. The van der Waals surface area contributed by atoms with Gasteiger partial charge in [0.2, 0.25) is 17.7 Å². The third kappa shape index (κ3) is 5.41. The zero-order chi connectivity index (χ0) is 23.3. The molecule has 32 heavy (non-hydrogen) atoms. The normalized spacial score (nSPS) is 15.8. The van der Waals surface area contributed by atoms with Gasteiger partial charge in [-0.2, -0.15) is 0 Å². The van der Waals surface area contributed by atoms with Gasteiger partial charge < -0.3 is 15.2 Å². The Kier molecular flexibility index (Phi) is 7.06. The molecule has 1 fully saturated rings. The number of carboxylic acids is 1. The first kappa shape index (κ1) is 22.8. The first-order valence-electron chi connectivity index (χ1n) is 9.32. The summed E-state index contributed by atoms with van der Waals surface area (Å²) in [5.41, 5.74) is 1.14. The monoisotopic (exact) mass is 454 g/mol. The number of rotatable bonds is 7. The predicted molar refractivity (Wildman–Crippen MR) is 116 cm³/mol. The summed E-state index contributed by atoms with van der Waals surface area (Å²) in [6.45, 7) is 0. The van der Waals surface area contributed by atoms with Crippen molar-refractivity contribution in [3.05, 3.63) is 66.2 Å². The molecular weight excluding hydrogens is 436 g/mol. The third-order valence-corrected chi connectivity index (χ3v) is 5.63. The van der Waals surface area contributed by atoms with Crippen LogP contribution >= 0.6 is 11.8 Å². The van der Waals surface area contributed by atoms with Crippen molar-refractivity contribution in [2.24, 2.45) is 0 Å². The summed E-state index contributed by atoms with van der Waals surface area (Å²) in [6, 6.07) is 12.6. The number of ether oxygens (including phenoxy) is 1. The second-order valence-corrected chi connectivity index (χ2v) is 7.88. The van der Waals surface area contributed by atoms with Gasteiger partial charge in [0, 0.05) is 29.2 Å². The number of nitrogens with zero attached hydrogens (tertiary/aromatic N) is 1. The number of carbonyl (C=O) groups is 5. The summed E-state index contributed by atoms with van der Waals surface area (Å²) in [4.78, 5) is 60.7. The van der Waals surface area contributed by atoms with Crippen LogP contribution in [-0.4, -0.2) is 47.1 Å². The Morgan fingerprint density at radius 3 is 2.31 bits per heavy atom. The Balaban J connectivity index is 1.64. The van der Waals surface area contributed by atoms with E-state index >= 15 is 0 Å². The van der Waals surface area contributed by atoms with Gasteiger partial charge in [0.25, 0.3) is 0 Å². The minimum absolute atomic E-state index is 0.0285. The van der Waals surface area contributed by atoms with E-state index in [2.05, 4.69) is 10.1 Å². The van der Waals surface area contributed by atoms with Gasteiger partial charge in [0.05, 0.1) is 23.6 Å². The van der Waals surface area contributed by atoms with E-state index in [0.29, 0.717) is 16.9 Å². The van der Waals surface area contributed by atoms with E-state index in [4.69, 9.17) is 5.11 Å². The summed E-state index contributed by atoms with van der Waals surface area (Å²) in [6.07, 6.45) is 1.66. The number of thioether (sulfide) groups is 1. The number of carbonyl (C=O) groups excluding carboxylic acids is 4. The number of carboxylic acid groups (broad SMARTS) is 1. The lowest BCUT2D eigenvalue weighted by Crippen LogP contribution is -2.31. The van der Waals surface area contributed by atoms with Crippen molar-refractivity contribution in [3.8, 4) is 0 Å². The van der Waals surface area contributed by atoms with Crippen LogP contribution < -0.4 is 10.2 Å². The maximum Gasteiger partial charge on any atom is 0.337 e. The van der Waals surface area contributed by atoms with E-state index < -0.39 is 23.1 Å². The summed E-state index contributed by atoms with van der Waals surface area (Å²) < 4.78 is 4.64. The molecule has 9 nitrogen and oxygen atoms in total. The first-order chi connectivity index (χ1) is 15.3. The minimum atomic E-state index is -1.23. The Morgan fingerprint density at radius 2 is 1.72 bits per heavy atom. The quantitative estimate of drug-likeness (QED) is 0.371. The average Bonchev–Trinajstić information content (AvgIpc) is 3.06. The van der Waals surface area contributed by atoms with Crippen molar-refractivity contribution in [3.63, 3.8) is 0 Å². The molecule has 1 heterocycles. The van der Waals surface area contributed by atoms with E-state index in [1.165, 1.54) is 43.1 Å². The average molecular weight is 454 g/mol. The van der Waals surface area contributed by atoms with Gasteiger partial charge in [-0.15, -0.1) is 11.8 Å². The van der Waals surface area contributed by atoms with Crippen LogP contribution in [0.3, 0.4) is 0 Å². The Labute approximate surface area is 187 Å². The molecule has 1 atom stereocenters. The molecule has 0 spiro atoms. The van der Waals surface area contributed by atoms with Gasteiger partial charge in [-0.3, -0.25) is 14.4 Å². The van der Waals surface area contributed by atoms with Gasteiger partial charge in [0.15, 0.2) is 0 Å². The Bertz CT molecular complexity index is 1090. The lowest BCUT2D eigenvalue weighted by atomic mass is 10.2. The number of anilines is 2. The summed E-state index contributed by atoms with van der Waals surface area (Å²) in [5.74, 6) is -3.02. The topological polar surface area (TPSA) is 130 Å². The highest BCUT2D eigenvalue weighted by Gasteiger charge is 2.40. The van der Waals surface area contributed by atoms with Crippen molar-refractivity contribution in [1.29, 1.82) is 0 Å². The van der Waals surface area contributed by atoms with Crippen molar-refractivity contribution >= 4 is 52.8 Å². The van der Waals surface area contributed by atoms with Gasteiger partial charge in [-0.25, -0.2) is 14.5 Å². The van der Waals surface area contributed by atoms with Gasteiger partial charge in [-0.1, -0.05) is 0 Å². The molecule has 2 N–H and O–H groups in total. The van der Waals surface area contributed by atoms with Crippen molar-refractivity contribution in [1.82, 2.24) is 0 Å². The number of nitrogens with one attached hydrogen (secondary N) is 1. The van der Waals surface area contributed by atoms with Crippen LogP contribution in [0.2, 0.25) is 0 Å². The number of hydrogen-bond acceptors (Lipinski definition) is 7. The highest BCUT2D eigenvalue weighted by molar-refractivity contribution is 8.00. The van der Waals surface area contributed by atoms with Gasteiger partial charge in [-0.05, 0) is 48.5 Å². The molecule has 164 valence electrons. The molecule has 2 aromatic carbocycles. The molecule has 1 aliphatic rings. The molecule has 3 rings (SSSR count). The SMILES string of the molecule is COC(=O)c1ccc(N2C(=O)C[C@H](Sc3ccc(NC(=O)/C=C/C(=O)O)cc3)C2=O)cc1. The standard InChI is InChI=1S/C22H18N2O7S/c1-31-22(30)13-2-6-15(7-3-13)24-19(26)12-17(21(24)29)32-16-8-4-14(5-9-16)23-18(25)10-11-20(27)28/h2-11,17H,12H2,1H3,(H,23,25)(H,27,28)/b11-10+/t17-/m0/s1. The van der Waals surface area contributed by atoms with Crippen molar-refractivity contribution < 1.29 is 33.8 Å². The number of esters is 1. The molecule has 0 unspecified atom stereocenters. The summed E-state index contributed by atoms with van der Waals surface area (Å²) in [7, 11) is 1.27. The second kappa shape index (κ2) is 9.92. The zero-order valence-corrected chi connectivity index (χ0v) is 17.6. The number of methoxy groups -OCH3 is 1. The number of hydrogen-bond donors (Lipinski definition) is 2. The van der Waals surface area contributed by atoms with E-state index in [1.54, 1.807) is 24.3 Å². The summed E-state index contributed by atoms with van der Waals surface area (Å²) >= 11 is 1.22. The molecule has 0 saturated carbocycles. The van der Waals surface area contributed by atoms with Gasteiger partial charge >= 0.3 is 11.9 Å². The number of imide groups is 1. The fourth-order valence-corrected chi connectivity index (χ4v) is 4.00. The highest BCUT2D eigenvalue weighted by Crippen LogP contribution is 2.34. The molecule has 0 aliphatic carbocycles. The fraction of sp³-hybridized carbons (Fsp3) is 0.136. The van der Waals surface area contributed by atoms with E-state index in [1.807, 2.05) is 0 Å².